The van der Waals surface area contributed by atoms with Crippen LogP contribution in [0.2, 0.25) is 0 Å². The van der Waals surface area contributed by atoms with Gasteiger partial charge in [-0.2, -0.15) is 0 Å². The molecule has 1 spiro atoms. The third-order valence-corrected chi connectivity index (χ3v) is 3.57. The number of rotatable bonds is 0. The van der Waals surface area contributed by atoms with Gasteiger partial charge in [-0.25, -0.2) is 4.98 Å². The van der Waals surface area contributed by atoms with Gasteiger partial charge in [0.15, 0.2) is 0 Å². The van der Waals surface area contributed by atoms with Crippen LogP contribution in [0, 0.1) is 0 Å². The van der Waals surface area contributed by atoms with Crippen LogP contribution in [0.25, 0.3) is 12.2 Å². The second-order valence-electron chi connectivity index (χ2n) is 4.59. The van der Waals surface area contributed by atoms with E-state index in [9.17, 15) is 0 Å². The Morgan fingerprint density at radius 2 is 2.06 bits per heavy atom. The molecule has 0 fully saturated rings. The topological polar surface area (TPSA) is 37.8 Å². The zero-order chi connectivity index (χ0) is 11.3. The minimum Gasteiger partial charge on any atom is -0.368 e. The summed E-state index contributed by atoms with van der Waals surface area (Å²) in [5, 5.41) is 5.85. The summed E-state index contributed by atoms with van der Waals surface area (Å²) in [7, 11) is 0. The van der Waals surface area contributed by atoms with Gasteiger partial charge in [-0.3, -0.25) is 4.98 Å². The maximum atomic E-state index is 4.37. The third-order valence-electron chi connectivity index (χ3n) is 3.57. The van der Waals surface area contributed by atoms with Gasteiger partial charge >= 0.3 is 0 Å². The van der Waals surface area contributed by atoms with Crippen molar-refractivity contribution in [2.45, 2.75) is 5.41 Å². The Hall–Kier alpha value is -2.16. The van der Waals surface area contributed by atoms with Gasteiger partial charge in [-0.15, -0.1) is 0 Å². The fourth-order valence-electron chi connectivity index (χ4n) is 2.77. The molecule has 2 aromatic heterocycles. The highest BCUT2D eigenvalue weighted by Gasteiger charge is 2.37. The van der Waals surface area contributed by atoms with Crippen molar-refractivity contribution in [3.05, 3.63) is 52.8 Å². The van der Waals surface area contributed by atoms with Crippen LogP contribution in [-0.2, 0) is 5.41 Å². The summed E-state index contributed by atoms with van der Waals surface area (Å²) < 4.78 is 0. The number of nitrogens with one attached hydrogen (secondary N) is 1. The average molecular weight is 221 g/mol. The van der Waals surface area contributed by atoms with E-state index in [-0.39, 0.29) is 5.41 Å². The summed E-state index contributed by atoms with van der Waals surface area (Å²) in [6.07, 6.45) is 10.2. The van der Waals surface area contributed by atoms with Crippen LogP contribution >= 0.6 is 0 Å². The first-order valence-electron chi connectivity index (χ1n) is 5.73. The van der Waals surface area contributed by atoms with Gasteiger partial charge in [-0.1, -0.05) is 18.2 Å². The van der Waals surface area contributed by atoms with Crippen molar-refractivity contribution in [2.75, 3.05) is 11.9 Å². The molecule has 1 unspecified atom stereocenters. The molecule has 1 atom stereocenters. The van der Waals surface area contributed by atoms with Crippen LogP contribution in [0.3, 0.4) is 0 Å². The molecule has 0 saturated carbocycles. The van der Waals surface area contributed by atoms with E-state index < -0.39 is 0 Å². The SMILES string of the molecule is C1=c2ccncc2=CC12CNc1ncccc12. The Bertz CT molecular complexity index is 683. The molecular formula is C14H11N3. The van der Waals surface area contributed by atoms with Gasteiger partial charge in [0.2, 0.25) is 0 Å². The predicted octanol–water partition coefficient (Wildman–Crippen LogP) is 0.415. The minimum absolute atomic E-state index is 0.0328. The molecule has 1 aliphatic heterocycles. The molecule has 0 amide bonds. The summed E-state index contributed by atoms with van der Waals surface area (Å²) in [6, 6.07) is 6.21. The lowest BCUT2D eigenvalue weighted by Crippen LogP contribution is -2.21. The molecule has 0 aromatic carbocycles. The normalized spacial score (nSPS) is 23.5. The van der Waals surface area contributed by atoms with E-state index in [1.54, 1.807) is 0 Å². The second-order valence-corrected chi connectivity index (χ2v) is 4.59. The fraction of sp³-hybridized carbons (Fsp3) is 0.143. The maximum Gasteiger partial charge on any atom is 0.130 e. The van der Waals surface area contributed by atoms with Crippen molar-refractivity contribution in [3.8, 4) is 0 Å². The summed E-state index contributed by atoms with van der Waals surface area (Å²) in [6.45, 7) is 0.883. The highest BCUT2D eigenvalue weighted by molar-refractivity contribution is 5.76. The lowest BCUT2D eigenvalue weighted by atomic mass is 9.84. The number of aromatic nitrogens is 2. The van der Waals surface area contributed by atoms with Crippen molar-refractivity contribution < 1.29 is 0 Å². The van der Waals surface area contributed by atoms with Crippen LogP contribution in [0.1, 0.15) is 5.56 Å². The van der Waals surface area contributed by atoms with Crippen LogP contribution in [-0.4, -0.2) is 16.5 Å². The molecular weight excluding hydrogens is 210 g/mol. The van der Waals surface area contributed by atoms with Crippen LogP contribution in [0.5, 0.6) is 0 Å². The predicted molar refractivity (Wildman–Crippen MR) is 66.8 cm³/mol. The van der Waals surface area contributed by atoms with Crippen molar-refractivity contribution in [2.24, 2.45) is 0 Å². The maximum absolute atomic E-state index is 4.37. The molecule has 3 heteroatoms. The number of hydrogen-bond acceptors (Lipinski definition) is 3. The Morgan fingerprint density at radius 1 is 1.12 bits per heavy atom. The van der Waals surface area contributed by atoms with Gasteiger partial charge in [0.1, 0.15) is 5.82 Å². The quantitative estimate of drug-likeness (QED) is 0.700. The largest absolute Gasteiger partial charge is 0.368 e. The molecule has 3 heterocycles. The van der Waals surface area contributed by atoms with E-state index in [4.69, 9.17) is 0 Å². The van der Waals surface area contributed by atoms with Crippen molar-refractivity contribution in [1.29, 1.82) is 0 Å². The highest BCUT2D eigenvalue weighted by Crippen LogP contribution is 2.38. The number of fused-ring (bicyclic) bond motifs is 3. The fourth-order valence-corrected chi connectivity index (χ4v) is 2.77. The number of anilines is 1. The van der Waals surface area contributed by atoms with E-state index in [1.807, 2.05) is 24.7 Å². The first-order valence-corrected chi connectivity index (χ1v) is 5.73. The Morgan fingerprint density at radius 3 is 3.00 bits per heavy atom. The van der Waals surface area contributed by atoms with Crippen molar-refractivity contribution in [1.82, 2.24) is 9.97 Å². The lowest BCUT2D eigenvalue weighted by Gasteiger charge is -2.17. The number of pyridine rings is 2. The molecule has 17 heavy (non-hydrogen) atoms. The van der Waals surface area contributed by atoms with Gasteiger partial charge in [-0.05, 0) is 22.6 Å². The molecule has 2 aromatic rings. The lowest BCUT2D eigenvalue weighted by molar-refractivity contribution is 0.848. The zero-order valence-corrected chi connectivity index (χ0v) is 9.22. The second kappa shape index (κ2) is 2.94. The monoisotopic (exact) mass is 221 g/mol. The van der Waals surface area contributed by atoms with E-state index in [0.29, 0.717) is 0 Å². The van der Waals surface area contributed by atoms with E-state index in [2.05, 4.69) is 39.6 Å². The molecule has 82 valence electrons. The average Bonchev–Trinajstić information content (AvgIpc) is 2.92. The van der Waals surface area contributed by atoms with Gasteiger partial charge < -0.3 is 5.32 Å². The third kappa shape index (κ3) is 1.11. The Labute approximate surface area is 98.5 Å². The molecule has 3 nitrogen and oxygen atoms in total. The van der Waals surface area contributed by atoms with E-state index in [1.165, 1.54) is 16.0 Å². The summed E-state index contributed by atoms with van der Waals surface area (Å²) in [5.74, 6) is 1.00. The smallest absolute Gasteiger partial charge is 0.130 e. The van der Waals surface area contributed by atoms with Gasteiger partial charge in [0.05, 0.1) is 5.41 Å². The molecule has 1 N–H and O–H groups in total. The Kier molecular flexibility index (Phi) is 1.55. The molecule has 2 aliphatic rings. The number of hydrogen-bond donors (Lipinski definition) is 1. The van der Waals surface area contributed by atoms with E-state index in [0.717, 1.165) is 12.4 Å². The first kappa shape index (κ1) is 8.93. The molecule has 0 radical (unpaired) electrons. The zero-order valence-electron chi connectivity index (χ0n) is 9.22. The summed E-state index contributed by atoms with van der Waals surface area (Å²) in [5.41, 5.74) is 1.23. The first-order chi connectivity index (χ1) is 8.37. The van der Waals surface area contributed by atoms with Crippen molar-refractivity contribution >= 4 is 18.0 Å². The highest BCUT2D eigenvalue weighted by atomic mass is 15.0. The van der Waals surface area contributed by atoms with Crippen LogP contribution in [0.4, 0.5) is 5.82 Å². The van der Waals surface area contributed by atoms with E-state index >= 15 is 0 Å². The molecule has 4 rings (SSSR count). The summed E-state index contributed by atoms with van der Waals surface area (Å²) >= 11 is 0. The Balaban J connectivity index is 2.02. The van der Waals surface area contributed by atoms with Gasteiger partial charge in [0.25, 0.3) is 0 Å². The van der Waals surface area contributed by atoms with Crippen LogP contribution < -0.4 is 15.8 Å². The molecule has 0 saturated heterocycles. The standard InChI is InChI=1S/C14H11N3/c1-2-12-13(16-4-1)17-9-14(12)6-10-3-5-15-8-11(10)7-14/h1-8H,9H2,(H,16,17). The van der Waals surface area contributed by atoms with Crippen molar-refractivity contribution in [3.63, 3.8) is 0 Å². The van der Waals surface area contributed by atoms with Gasteiger partial charge in [0, 0.05) is 30.7 Å². The summed E-state index contributed by atoms with van der Waals surface area (Å²) in [4.78, 5) is 8.55. The number of nitrogens with zero attached hydrogens (tertiary/aromatic N) is 2. The van der Waals surface area contributed by atoms with Crippen LogP contribution in [0.15, 0.2) is 36.8 Å². The molecule has 0 bridgehead atoms. The minimum atomic E-state index is -0.0328. The molecule has 1 aliphatic carbocycles.